The average molecular weight is 395 g/mol. The topological polar surface area (TPSA) is 66.4 Å². The SMILES string of the molecule is O=S(=O)(Nc1ccc(Cl)cc1Br)c1cc(CO)ccc1F. The van der Waals surface area contributed by atoms with E-state index in [-0.39, 0.29) is 12.3 Å². The summed E-state index contributed by atoms with van der Waals surface area (Å²) in [5.41, 5.74) is 0.528. The van der Waals surface area contributed by atoms with Crippen molar-refractivity contribution in [3.05, 3.63) is 57.3 Å². The van der Waals surface area contributed by atoms with Crippen LogP contribution >= 0.6 is 27.5 Å². The summed E-state index contributed by atoms with van der Waals surface area (Å²) < 4.78 is 40.9. The van der Waals surface area contributed by atoms with Gasteiger partial charge in [0.2, 0.25) is 0 Å². The highest BCUT2D eigenvalue weighted by molar-refractivity contribution is 9.10. The molecule has 0 fully saturated rings. The highest BCUT2D eigenvalue weighted by Gasteiger charge is 2.20. The van der Waals surface area contributed by atoms with Gasteiger partial charge in [-0.05, 0) is 51.8 Å². The molecule has 2 aromatic carbocycles. The highest BCUT2D eigenvalue weighted by Crippen LogP contribution is 2.28. The first-order valence-electron chi connectivity index (χ1n) is 5.70. The van der Waals surface area contributed by atoms with Crippen LogP contribution < -0.4 is 4.72 Å². The summed E-state index contributed by atoms with van der Waals surface area (Å²) >= 11 is 8.95. The second-order valence-electron chi connectivity index (χ2n) is 4.15. The molecule has 0 bridgehead atoms. The minimum Gasteiger partial charge on any atom is -0.392 e. The predicted molar refractivity (Wildman–Crippen MR) is 82.3 cm³/mol. The lowest BCUT2D eigenvalue weighted by atomic mass is 10.2. The van der Waals surface area contributed by atoms with Crippen molar-refractivity contribution in [3.63, 3.8) is 0 Å². The van der Waals surface area contributed by atoms with Gasteiger partial charge in [0.15, 0.2) is 0 Å². The third-order valence-electron chi connectivity index (χ3n) is 2.64. The molecule has 0 unspecified atom stereocenters. The van der Waals surface area contributed by atoms with Crippen LogP contribution in [0, 0.1) is 5.82 Å². The Morgan fingerprint density at radius 3 is 2.57 bits per heavy atom. The molecule has 2 rings (SSSR count). The lowest BCUT2D eigenvalue weighted by molar-refractivity contribution is 0.281. The fourth-order valence-electron chi connectivity index (χ4n) is 1.62. The van der Waals surface area contributed by atoms with E-state index in [1.165, 1.54) is 24.3 Å². The monoisotopic (exact) mass is 393 g/mol. The van der Waals surface area contributed by atoms with Crippen molar-refractivity contribution in [2.45, 2.75) is 11.5 Å². The third-order valence-corrected chi connectivity index (χ3v) is 4.91. The summed E-state index contributed by atoms with van der Waals surface area (Å²) in [5.74, 6) is -0.898. The molecule has 112 valence electrons. The summed E-state index contributed by atoms with van der Waals surface area (Å²) in [5, 5.41) is 9.45. The first-order chi connectivity index (χ1) is 9.83. The van der Waals surface area contributed by atoms with E-state index < -0.39 is 20.7 Å². The summed E-state index contributed by atoms with van der Waals surface area (Å²) in [6.07, 6.45) is 0. The fourth-order valence-corrected chi connectivity index (χ4v) is 3.75. The Labute approximate surface area is 134 Å². The van der Waals surface area contributed by atoms with Crippen LogP contribution in [0.25, 0.3) is 0 Å². The largest absolute Gasteiger partial charge is 0.392 e. The first kappa shape index (κ1) is 16.2. The zero-order valence-electron chi connectivity index (χ0n) is 10.5. The molecule has 0 heterocycles. The third kappa shape index (κ3) is 3.74. The molecule has 21 heavy (non-hydrogen) atoms. The van der Waals surface area contributed by atoms with Crippen molar-refractivity contribution in [3.8, 4) is 0 Å². The van der Waals surface area contributed by atoms with Gasteiger partial charge in [-0.15, -0.1) is 0 Å². The molecule has 0 saturated carbocycles. The van der Waals surface area contributed by atoms with Crippen molar-refractivity contribution in [1.29, 1.82) is 0 Å². The zero-order chi connectivity index (χ0) is 15.6. The molecule has 2 aromatic rings. The van der Waals surface area contributed by atoms with Crippen LogP contribution in [-0.4, -0.2) is 13.5 Å². The Morgan fingerprint density at radius 2 is 1.95 bits per heavy atom. The number of benzene rings is 2. The quantitative estimate of drug-likeness (QED) is 0.833. The van der Waals surface area contributed by atoms with Crippen LogP contribution in [-0.2, 0) is 16.6 Å². The maximum atomic E-state index is 13.7. The van der Waals surface area contributed by atoms with E-state index in [1.54, 1.807) is 0 Å². The highest BCUT2D eigenvalue weighted by atomic mass is 79.9. The van der Waals surface area contributed by atoms with Gasteiger partial charge < -0.3 is 5.11 Å². The van der Waals surface area contributed by atoms with Crippen LogP contribution in [0.4, 0.5) is 10.1 Å². The summed E-state index contributed by atoms with van der Waals surface area (Å²) in [6, 6.07) is 7.87. The number of hydrogen-bond acceptors (Lipinski definition) is 3. The van der Waals surface area contributed by atoms with Crippen molar-refractivity contribution in [2.24, 2.45) is 0 Å². The second kappa shape index (κ2) is 6.31. The summed E-state index contributed by atoms with van der Waals surface area (Å²) in [6.45, 7) is -0.382. The number of anilines is 1. The van der Waals surface area contributed by atoms with E-state index in [1.807, 2.05) is 0 Å². The zero-order valence-corrected chi connectivity index (χ0v) is 13.6. The molecular formula is C13H10BrClFNO3S. The van der Waals surface area contributed by atoms with Gasteiger partial charge in [0.1, 0.15) is 10.7 Å². The number of aliphatic hydroxyl groups is 1. The van der Waals surface area contributed by atoms with Crippen LogP contribution in [0.1, 0.15) is 5.56 Å². The maximum absolute atomic E-state index is 13.7. The molecule has 0 aliphatic heterocycles. The van der Waals surface area contributed by atoms with Gasteiger partial charge in [-0.3, -0.25) is 4.72 Å². The normalized spacial score (nSPS) is 11.4. The molecule has 0 atom stereocenters. The number of aliphatic hydroxyl groups excluding tert-OH is 1. The van der Waals surface area contributed by atoms with E-state index in [0.717, 1.165) is 12.1 Å². The molecule has 0 radical (unpaired) electrons. The van der Waals surface area contributed by atoms with Gasteiger partial charge in [0, 0.05) is 9.50 Å². The Balaban J connectivity index is 2.43. The lowest BCUT2D eigenvalue weighted by Crippen LogP contribution is -2.15. The first-order valence-corrected chi connectivity index (χ1v) is 8.36. The van der Waals surface area contributed by atoms with Crippen molar-refractivity contribution in [2.75, 3.05) is 4.72 Å². The standard InChI is InChI=1S/C13H10BrClFNO3S/c14-10-6-9(15)2-4-12(10)17-21(19,20)13-5-8(7-18)1-3-11(13)16/h1-6,17-18H,7H2. The number of halogens is 3. The van der Waals surface area contributed by atoms with Crippen LogP contribution in [0.15, 0.2) is 45.8 Å². The average Bonchev–Trinajstić information content (AvgIpc) is 2.42. The molecule has 8 heteroatoms. The summed E-state index contributed by atoms with van der Waals surface area (Å²) in [7, 11) is -4.12. The van der Waals surface area contributed by atoms with Crippen molar-refractivity contribution in [1.82, 2.24) is 0 Å². The van der Waals surface area contributed by atoms with Crippen LogP contribution in [0.2, 0.25) is 5.02 Å². The predicted octanol–water partition coefficient (Wildman–Crippen LogP) is 3.53. The van der Waals surface area contributed by atoms with Crippen molar-refractivity contribution >= 4 is 43.2 Å². The number of hydrogen-bond donors (Lipinski definition) is 2. The number of sulfonamides is 1. The molecule has 2 N–H and O–H groups in total. The Kier molecular flexibility index (Phi) is 4.88. The fraction of sp³-hybridized carbons (Fsp3) is 0.0769. The lowest BCUT2D eigenvalue weighted by Gasteiger charge is -2.11. The molecule has 4 nitrogen and oxygen atoms in total. The minimum absolute atomic E-state index is 0.230. The molecule has 0 aliphatic carbocycles. The molecule has 0 amide bonds. The minimum atomic E-state index is -4.12. The van der Waals surface area contributed by atoms with Gasteiger partial charge in [-0.1, -0.05) is 17.7 Å². The molecule has 0 aliphatic rings. The van der Waals surface area contributed by atoms with E-state index >= 15 is 0 Å². The van der Waals surface area contributed by atoms with Gasteiger partial charge in [-0.25, -0.2) is 12.8 Å². The van der Waals surface area contributed by atoms with Crippen LogP contribution in [0.5, 0.6) is 0 Å². The van der Waals surface area contributed by atoms with Gasteiger partial charge in [0.05, 0.1) is 12.3 Å². The van der Waals surface area contributed by atoms with Gasteiger partial charge >= 0.3 is 0 Å². The maximum Gasteiger partial charge on any atom is 0.264 e. The Hall–Kier alpha value is -1.15. The summed E-state index contributed by atoms with van der Waals surface area (Å²) in [4.78, 5) is -0.532. The molecule has 0 spiro atoms. The van der Waals surface area contributed by atoms with E-state index in [2.05, 4.69) is 20.7 Å². The van der Waals surface area contributed by atoms with Gasteiger partial charge in [-0.2, -0.15) is 0 Å². The second-order valence-corrected chi connectivity index (χ2v) is 7.09. The van der Waals surface area contributed by atoms with E-state index in [9.17, 15) is 12.8 Å². The van der Waals surface area contributed by atoms with Gasteiger partial charge in [0.25, 0.3) is 10.0 Å². The number of rotatable bonds is 4. The van der Waals surface area contributed by atoms with E-state index in [0.29, 0.717) is 15.1 Å². The van der Waals surface area contributed by atoms with E-state index in [4.69, 9.17) is 16.7 Å². The molecule has 0 saturated heterocycles. The Morgan fingerprint density at radius 1 is 1.24 bits per heavy atom. The Bertz CT molecular complexity index is 783. The molecular weight excluding hydrogens is 385 g/mol. The van der Waals surface area contributed by atoms with Crippen LogP contribution in [0.3, 0.4) is 0 Å². The smallest absolute Gasteiger partial charge is 0.264 e. The molecule has 0 aromatic heterocycles. The van der Waals surface area contributed by atoms with Crippen molar-refractivity contribution < 1.29 is 17.9 Å². The number of nitrogens with one attached hydrogen (secondary N) is 1.